The van der Waals surface area contributed by atoms with Crippen LogP contribution in [0.3, 0.4) is 0 Å². The first-order chi connectivity index (χ1) is 15.5. The summed E-state index contributed by atoms with van der Waals surface area (Å²) in [4.78, 5) is 18.2. The summed E-state index contributed by atoms with van der Waals surface area (Å²) >= 11 is 0. The molecular weight excluding hydrogens is 451 g/mol. The third-order valence-corrected chi connectivity index (χ3v) is 5.22. The number of aryl methyl sites for hydroxylation is 2. The van der Waals surface area contributed by atoms with Crippen molar-refractivity contribution < 1.29 is 26.7 Å². The van der Waals surface area contributed by atoms with Crippen LogP contribution in [-0.2, 0) is 24.0 Å². The molecule has 0 spiro atoms. The highest BCUT2D eigenvalue weighted by Gasteiger charge is 2.39. The average Bonchev–Trinajstić information content (AvgIpc) is 3.30. The highest BCUT2D eigenvalue weighted by Crippen LogP contribution is 2.34. The Morgan fingerprint density at radius 3 is 2.55 bits per heavy atom. The van der Waals surface area contributed by atoms with Gasteiger partial charge in [0.2, 0.25) is 0 Å². The Morgan fingerprint density at radius 1 is 1.18 bits per heavy atom. The molecule has 0 N–H and O–H groups in total. The summed E-state index contributed by atoms with van der Waals surface area (Å²) in [5.41, 5.74) is -0.625. The zero-order valence-electron chi connectivity index (χ0n) is 17.8. The zero-order valence-corrected chi connectivity index (χ0v) is 17.8. The standard InChI is InChI=1S/C20H21F5N6O2/c1-3-30-11-14(8-26-30)10-29-9-13(2)31(18(29)32)17-7-15(20(23,24)25)6-16(27-17)28-4-5-33-19(21,22)12-28/h6-9,11H,3-5,10,12H2,1-2H3. The van der Waals surface area contributed by atoms with Crippen LogP contribution in [0.1, 0.15) is 23.7 Å². The minimum absolute atomic E-state index is 0.0698. The predicted octanol–water partition coefficient (Wildman–Crippen LogP) is 3.06. The van der Waals surface area contributed by atoms with Gasteiger partial charge in [-0.15, -0.1) is 0 Å². The maximum atomic E-state index is 13.7. The lowest BCUT2D eigenvalue weighted by Gasteiger charge is -2.33. The molecule has 4 rings (SSSR count). The van der Waals surface area contributed by atoms with E-state index in [1.807, 2.05) is 6.92 Å². The van der Waals surface area contributed by atoms with E-state index in [0.717, 1.165) is 21.1 Å². The fourth-order valence-electron chi connectivity index (χ4n) is 3.66. The van der Waals surface area contributed by atoms with E-state index in [9.17, 15) is 26.7 Å². The van der Waals surface area contributed by atoms with E-state index in [4.69, 9.17) is 0 Å². The van der Waals surface area contributed by atoms with Crippen LogP contribution >= 0.6 is 0 Å². The van der Waals surface area contributed by atoms with Crippen LogP contribution in [0.2, 0.25) is 0 Å². The van der Waals surface area contributed by atoms with E-state index in [1.165, 1.54) is 10.8 Å². The van der Waals surface area contributed by atoms with E-state index < -0.39 is 30.1 Å². The van der Waals surface area contributed by atoms with Crippen LogP contribution in [0.4, 0.5) is 27.8 Å². The van der Waals surface area contributed by atoms with E-state index in [2.05, 4.69) is 14.8 Å². The molecule has 0 aromatic carbocycles. The molecule has 0 radical (unpaired) electrons. The monoisotopic (exact) mass is 472 g/mol. The predicted molar refractivity (Wildman–Crippen MR) is 108 cm³/mol. The molecule has 4 heterocycles. The maximum Gasteiger partial charge on any atom is 0.416 e. The van der Waals surface area contributed by atoms with Crippen molar-refractivity contribution in [3.8, 4) is 5.82 Å². The van der Waals surface area contributed by atoms with Crippen LogP contribution in [0.5, 0.6) is 0 Å². The van der Waals surface area contributed by atoms with Gasteiger partial charge in [-0.05, 0) is 26.0 Å². The number of hydrogen-bond acceptors (Lipinski definition) is 5. The third kappa shape index (κ3) is 4.77. The first kappa shape index (κ1) is 23.0. The second-order valence-corrected chi connectivity index (χ2v) is 7.70. The second-order valence-electron chi connectivity index (χ2n) is 7.70. The van der Waals surface area contributed by atoms with Gasteiger partial charge in [0.1, 0.15) is 18.2 Å². The molecule has 178 valence electrons. The molecule has 1 aliphatic heterocycles. The molecule has 0 unspecified atom stereocenters. The molecule has 1 saturated heterocycles. The molecule has 1 aliphatic rings. The van der Waals surface area contributed by atoms with E-state index in [1.54, 1.807) is 24.0 Å². The van der Waals surface area contributed by atoms with Crippen molar-refractivity contribution in [1.82, 2.24) is 23.9 Å². The van der Waals surface area contributed by atoms with Crippen LogP contribution in [-0.4, -0.2) is 49.7 Å². The SMILES string of the molecule is CCn1cc(Cn2cc(C)n(-c3cc(C(F)(F)F)cc(N4CCOC(F)(F)C4)n3)c2=O)cn1. The third-order valence-electron chi connectivity index (χ3n) is 5.22. The van der Waals surface area contributed by atoms with Gasteiger partial charge in [0, 0.05) is 36.7 Å². The number of morpholine rings is 1. The summed E-state index contributed by atoms with van der Waals surface area (Å²) in [5.74, 6) is -0.619. The fraction of sp³-hybridized carbons (Fsp3) is 0.450. The van der Waals surface area contributed by atoms with Gasteiger partial charge >= 0.3 is 18.0 Å². The van der Waals surface area contributed by atoms with Crippen LogP contribution < -0.4 is 10.6 Å². The number of nitrogens with zero attached hydrogens (tertiary/aromatic N) is 6. The average molecular weight is 472 g/mol. The van der Waals surface area contributed by atoms with Gasteiger partial charge in [-0.25, -0.2) is 14.3 Å². The quantitative estimate of drug-likeness (QED) is 0.534. The van der Waals surface area contributed by atoms with Crippen LogP contribution in [0.15, 0.2) is 35.5 Å². The number of imidazole rings is 1. The Morgan fingerprint density at radius 2 is 1.91 bits per heavy atom. The molecule has 0 amide bonds. The highest BCUT2D eigenvalue weighted by atomic mass is 19.4. The molecule has 3 aromatic heterocycles. The summed E-state index contributed by atoms with van der Waals surface area (Å²) in [6.07, 6.45) is -3.43. The van der Waals surface area contributed by atoms with Crippen molar-refractivity contribution in [2.75, 3.05) is 24.6 Å². The smallest absolute Gasteiger partial charge is 0.345 e. The number of alkyl halides is 5. The van der Waals surface area contributed by atoms with Gasteiger partial charge < -0.3 is 9.64 Å². The Labute approximate surface area is 184 Å². The minimum Gasteiger partial charge on any atom is -0.345 e. The van der Waals surface area contributed by atoms with Gasteiger partial charge in [-0.2, -0.15) is 27.1 Å². The Hall–Kier alpha value is -3.22. The molecule has 0 bridgehead atoms. The molecule has 0 saturated carbocycles. The Bertz CT molecular complexity index is 1210. The van der Waals surface area contributed by atoms with Crippen LogP contribution in [0.25, 0.3) is 5.82 Å². The maximum absolute atomic E-state index is 13.7. The zero-order chi connectivity index (χ0) is 24.0. The summed E-state index contributed by atoms with van der Waals surface area (Å²) in [7, 11) is 0. The first-order valence-electron chi connectivity index (χ1n) is 10.1. The van der Waals surface area contributed by atoms with Crippen molar-refractivity contribution in [1.29, 1.82) is 0 Å². The first-order valence-corrected chi connectivity index (χ1v) is 10.1. The number of halogens is 5. The number of rotatable bonds is 5. The molecule has 33 heavy (non-hydrogen) atoms. The summed E-state index contributed by atoms with van der Waals surface area (Å²) in [6.45, 7) is 2.88. The van der Waals surface area contributed by atoms with Crippen molar-refractivity contribution in [3.05, 3.63) is 58.0 Å². The molecule has 0 atom stereocenters. The Kier molecular flexibility index (Phi) is 5.76. The van der Waals surface area contributed by atoms with Gasteiger partial charge in [0.15, 0.2) is 0 Å². The summed E-state index contributed by atoms with van der Waals surface area (Å²) in [5, 5.41) is 4.14. The topological polar surface area (TPSA) is 70.1 Å². The van der Waals surface area contributed by atoms with E-state index >= 15 is 0 Å². The lowest BCUT2D eigenvalue weighted by Crippen LogP contribution is -2.47. The molecule has 3 aromatic rings. The second kappa shape index (κ2) is 8.28. The molecular formula is C20H21F5N6O2. The highest BCUT2D eigenvalue weighted by molar-refractivity contribution is 5.48. The summed E-state index contributed by atoms with van der Waals surface area (Å²) in [6, 6.07) is 1.43. The number of aromatic nitrogens is 5. The van der Waals surface area contributed by atoms with Crippen LogP contribution in [0, 0.1) is 6.92 Å². The molecule has 13 heteroatoms. The van der Waals surface area contributed by atoms with Crippen molar-refractivity contribution in [2.45, 2.75) is 39.2 Å². The summed E-state index contributed by atoms with van der Waals surface area (Å²) < 4.78 is 76.5. The molecule has 8 nitrogen and oxygen atoms in total. The number of anilines is 1. The van der Waals surface area contributed by atoms with Gasteiger partial charge in [0.25, 0.3) is 0 Å². The van der Waals surface area contributed by atoms with Crippen molar-refractivity contribution in [2.24, 2.45) is 0 Å². The number of hydrogen-bond donors (Lipinski definition) is 0. The normalized spacial score (nSPS) is 16.4. The van der Waals surface area contributed by atoms with E-state index in [0.29, 0.717) is 18.3 Å². The van der Waals surface area contributed by atoms with E-state index in [-0.39, 0.29) is 31.3 Å². The molecule has 0 aliphatic carbocycles. The lowest BCUT2D eigenvalue weighted by atomic mass is 10.2. The Balaban J connectivity index is 1.76. The van der Waals surface area contributed by atoms with Gasteiger partial charge in [0.05, 0.1) is 24.9 Å². The van der Waals surface area contributed by atoms with Crippen molar-refractivity contribution in [3.63, 3.8) is 0 Å². The number of pyridine rings is 1. The fourth-order valence-corrected chi connectivity index (χ4v) is 3.66. The molecule has 1 fully saturated rings. The largest absolute Gasteiger partial charge is 0.416 e. The van der Waals surface area contributed by atoms with Crippen molar-refractivity contribution >= 4 is 5.82 Å². The lowest BCUT2D eigenvalue weighted by molar-refractivity contribution is -0.240. The number of ether oxygens (including phenoxy) is 1. The van der Waals surface area contributed by atoms with Gasteiger partial charge in [-0.3, -0.25) is 9.25 Å². The van der Waals surface area contributed by atoms with Gasteiger partial charge in [-0.1, -0.05) is 0 Å². The minimum atomic E-state index is -4.77.